The molecule has 8 nitrogen and oxygen atoms in total. The number of rotatable bonds is 35. The van der Waals surface area contributed by atoms with Gasteiger partial charge in [-0.1, -0.05) is 117 Å². The van der Waals surface area contributed by atoms with Gasteiger partial charge in [0.1, 0.15) is 24.3 Å². The zero-order valence-electron chi connectivity index (χ0n) is 37.3. The van der Waals surface area contributed by atoms with Gasteiger partial charge in [-0.05, 0) is 67.2 Å². The molecule has 0 spiro atoms. The molecule has 0 bridgehead atoms. The summed E-state index contributed by atoms with van der Waals surface area (Å²) in [5.41, 5.74) is -0.969. The fourth-order valence-electron chi connectivity index (χ4n) is 6.76. The Morgan fingerprint density at radius 1 is 0.407 bits per heavy atom. The van der Waals surface area contributed by atoms with E-state index in [0.717, 1.165) is 39.0 Å². The van der Waals surface area contributed by atoms with Crippen LogP contribution in [0.5, 0.6) is 0 Å². The minimum Gasteiger partial charge on any atom is -1.00 e. The van der Waals surface area contributed by atoms with E-state index in [2.05, 4.69) is 27.9 Å². The third kappa shape index (κ3) is 39.1. The molecule has 0 aliphatic rings. The quantitative estimate of drug-likeness (QED) is 0.0406. The largest absolute Gasteiger partial charge is 1.00 e. The summed E-state index contributed by atoms with van der Waals surface area (Å²) in [5.74, 6) is -0.286. The fraction of sp³-hybridized carbons (Fsp3) is 0.955. The maximum atomic E-state index is 12.8. The molecule has 0 heterocycles. The van der Waals surface area contributed by atoms with Crippen molar-refractivity contribution < 1.29 is 85.5 Å². The number of quaternary nitrogens is 2. The fourth-order valence-corrected chi connectivity index (χ4v) is 6.76. The van der Waals surface area contributed by atoms with Gasteiger partial charge in [0.2, 0.25) is 0 Å². The summed E-state index contributed by atoms with van der Waals surface area (Å²) in [6, 6.07) is 0. The first kappa shape index (κ1) is 58.6. The summed E-state index contributed by atoms with van der Waals surface area (Å²) in [7, 11) is 4.32. The molecule has 0 N–H and O–H groups in total. The van der Waals surface area contributed by atoms with E-state index in [9.17, 15) is 9.59 Å². The van der Waals surface area contributed by atoms with E-state index >= 15 is 0 Å². The molecule has 10 heteroatoms. The van der Waals surface area contributed by atoms with Crippen molar-refractivity contribution in [3.05, 3.63) is 0 Å². The number of hydrogen-bond donors (Lipinski definition) is 0. The molecule has 0 radical (unpaired) electrons. The molecular weight excluding hydrogens is 906 g/mol. The van der Waals surface area contributed by atoms with Crippen molar-refractivity contribution in [1.29, 1.82) is 0 Å². The van der Waals surface area contributed by atoms with Crippen molar-refractivity contribution in [2.45, 2.75) is 195 Å². The minimum atomic E-state index is -0.484. The molecule has 54 heavy (non-hydrogen) atoms. The number of unbranched alkanes of at least 4 members (excludes halogenated alkanes) is 18. The molecule has 0 aromatic rings. The van der Waals surface area contributed by atoms with Crippen LogP contribution in [0.4, 0.5) is 0 Å². The lowest BCUT2D eigenvalue weighted by molar-refractivity contribution is -0.903. The number of hydrogen-bond acceptors (Lipinski definition) is 6. The number of carbonyl (C=O) groups excluding carboxylic acids is 2. The summed E-state index contributed by atoms with van der Waals surface area (Å²) in [4.78, 5) is 25.6. The summed E-state index contributed by atoms with van der Waals surface area (Å²) in [6.45, 7) is 22.4. The van der Waals surface area contributed by atoms with Crippen molar-refractivity contribution in [2.24, 2.45) is 0 Å². The van der Waals surface area contributed by atoms with Crippen LogP contribution in [0, 0.1) is 0 Å². The Balaban J connectivity index is -0.0000130. The first-order valence-corrected chi connectivity index (χ1v) is 21.8. The molecule has 2 unspecified atom stereocenters. The monoisotopic (exact) mass is 996 g/mol. The number of halogens is 2. The number of likely N-dealkylation sites (N-methyl/N-ethyl adjacent to an activating group) is 2. The molecule has 2 atom stereocenters. The highest BCUT2D eigenvalue weighted by Crippen LogP contribution is 2.16. The highest BCUT2D eigenvalue weighted by molar-refractivity contribution is 5.71. The first-order chi connectivity index (χ1) is 24.5. The van der Waals surface area contributed by atoms with Crippen LogP contribution < -0.4 is 48.0 Å². The van der Waals surface area contributed by atoms with Gasteiger partial charge in [0.05, 0.1) is 53.6 Å². The summed E-state index contributed by atoms with van der Waals surface area (Å²) < 4.78 is 24.7. The molecule has 326 valence electrons. The Labute approximate surface area is 369 Å². The molecule has 0 fully saturated rings. The third-order valence-electron chi connectivity index (χ3n) is 9.89. The Kier molecular flexibility index (Phi) is 38.2. The maximum absolute atomic E-state index is 12.8. The van der Waals surface area contributed by atoms with Gasteiger partial charge in [-0.2, -0.15) is 0 Å². The van der Waals surface area contributed by atoms with E-state index in [1.165, 1.54) is 116 Å². The zero-order valence-corrected chi connectivity index (χ0v) is 41.6. The van der Waals surface area contributed by atoms with Crippen molar-refractivity contribution in [3.8, 4) is 0 Å². The maximum Gasteiger partial charge on any atom is 0.362 e. The Bertz CT molecular complexity index is 812. The van der Waals surface area contributed by atoms with Crippen molar-refractivity contribution >= 4 is 11.9 Å². The van der Waals surface area contributed by atoms with Crippen molar-refractivity contribution in [3.63, 3.8) is 0 Å². The molecule has 0 rings (SSSR count). The van der Waals surface area contributed by atoms with Crippen LogP contribution >= 0.6 is 0 Å². The minimum absolute atomic E-state index is 0. The Morgan fingerprint density at radius 3 is 0.926 bits per heavy atom. The molecule has 0 aliphatic carbocycles. The van der Waals surface area contributed by atoms with Crippen molar-refractivity contribution in [2.75, 3.05) is 79.8 Å². The number of nitrogens with zero attached hydrogens (tertiary/aromatic N) is 2. The molecular formula is C44H90I2N2O6. The number of carbonyl (C=O) groups is 2. The van der Waals surface area contributed by atoms with E-state index in [4.69, 9.17) is 18.9 Å². The van der Waals surface area contributed by atoms with Crippen LogP contribution in [0.1, 0.15) is 184 Å². The molecule has 0 aromatic carbocycles. The summed E-state index contributed by atoms with van der Waals surface area (Å²) >= 11 is 0. The van der Waals surface area contributed by atoms with Gasteiger partial charge < -0.3 is 75.9 Å². The standard InChI is InChI=1S/C44H90N2O6.2HI/c1-11-13-15-17-19-21-23-25-27-29-31-45(9,39-41(47)51-43(3,4)5)33-35-49-37-38-50-36-34-46(10,40-42(48)52-44(6,7)8)32-30-28-26-24-22-20-18-16-14-12-2;;/h11-40H2,1-10H3;2*1H/q+2;;/p-2. The highest BCUT2D eigenvalue weighted by atomic mass is 127. The first-order valence-electron chi connectivity index (χ1n) is 21.8. The van der Waals surface area contributed by atoms with E-state index in [0.29, 0.717) is 48.5 Å². The molecule has 0 saturated heterocycles. The predicted molar refractivity (Wildman–Crippen MR) is 219 cm³/mol. The van der Waals surface area contributed by atoms with E-state index < -0.39 is 11.2 Å². The van der Waals surface area contributed by atoms with Crippen LogP contribution in [0.2, 0.25) is 0 Å². The van der Waals surface area contributed by atoms with Crippen LogP contribution in [0.25, 0.3) is 0 Å². The van der Waals surface area contributed by atoms with Crippen LogP contribution in [0.3, 0.4) is 0 Å². The highest BCUT2D eigenvalue weighted by Gasteiger charge is 2.30. The predicted octanol–water partition coefficient (Wildman–Crippen LogP) is 4.45. The summed E-state index contributed by atoms with van der Waals surface area (Å²) in [5, 5.41) is 0. The number of esters is 2. The molecule has 0 saturated carbocycles. The zero-order chi connectivity index (χ0) is 39.2. The lowest BCUT2D eigenvalue weighted by Gasteiger charge is -2.35. The van der Waals surface area contributed by atoms with Gasteiger partial charge in [0.15, 0.2) is 13.1 Å². The van der Waals surface area contributed by atoms with E-state index in [-0.39, 0.29) is 59.9 Å². The van der Waals surface area contributed by atoms with Crippen LogP contribution in [-0.4, -0.2) is 112 Å². The summed E-state index contributed by atoms with van der Waals surface area (Å²) in [6.07, 6.45) is 26.0. The second-order valence-corrected chi connectivity index (χ2v) is 18.2. The van der Waals surface area contributed by atoms with E-state index in [1.54, 1.807) is 0 Å². The van der Waals surface area contributed by atoms with Gasteiger partial charge in [-0.25, -0.2) is 9.59 Å². The average molecular weight is 997 g/mol. The molecule has 0 aliphatic heterocycles. The lowest BCUT2D eigenvalue weighted by atomic mass is 10.1. The van der Waals surface area contributed by atoms with Gasteiger partial charge in [0.25, 0.3) is 0 Å². The smallest absolute Gasteiger partial charge is 0.362 e. The van der Waals surface area contributed by atoms with Gasteiger partial charge in [-0.15, -0.1) is 0 Å². The second-order valence-electron chi connectivity index (χ2n) is 18.2. The van der Waals surface area contributed by atoms with Crippen LogP contribution in [0.15, 0.2) is 0 Å². The normalized spacial score (nSPS) is 14.0. The SMILES string of the molecule is CCCCCCCCCCCC[N+](C)(CCOCCOCC[N+](C)(CCCCCCCCCCCC)CC(=O)OC(C)(C)C)CC(=O)OC(C)(C)C.[I-].[I-]. The lowest BCUT2D eigenvalue weighted by Crippen LogP contribution is -3.00. The second kappa shape index (κ2) is 35.2. The topological polar surface area (TPSA) is 71.1 Å². The average Bonchev–Trinajstić information content (AvgIpc) is 3.02. The molecule has 0 aromatic heterocycles. The molecule has 0 amide bonds. The van der Waals surface area contributed by atoms with Crippen molar-refractivity contribution in [1.82, 2.24) is 0 Å². The number of ether oxygens (including phenoxy) is 4. The van der Waals surface area contributed by atoms with Gasteiger partial charge >= 0.3 is 11.9 Å². The van der Waals surface area contributed by atoms with Crippen LogP contribution in [-0.2, 0) is 28.5 Å². The third-order valence-corrected chi connectivity index (χ3v) is 9.89. The Hall–Kier alpha value is 0.240. The Morgan fingerprint density at radius 2 is 0.667 bits per heavy atom. The van der Waals surface area contributed by atoms with E-state index in [1.807, 2.05) is 41.5 Å². The van der Waals surface area contributed by atoms with Gasteiger partial charge in [-0.3, -0.25) is 0 Å². The van der Waals surface area contributed by atoms with Gasteiger partial charge in [0, 0.05) is 0 Å².